The van der Waals surface area contributed by atoms with Crippen LogP contribution in [0.15, 0.2) is 12.2 Å². The van der Waals surface area contributed by atoms with Gasteiger partial charge in [-0.25, -0.2) is 0 Å². The van der Waals surface area contributed by atoms with E-state index < -0.39 is 5.60 Å². The van der Waals surface area contributed by atoms with Crippen molar-refractivity contribution < 1.29 is 9.90 Å². The van der Waals surface area contributed by atoms with E-state index in [2.05, 4.69) is 5.92 Å². The first-order chi connectivity index (χ1) is 7.62. The van der Waals surface area contributed by atoms with Crippen LogP contribution in [0, 0.1) is 17.8 Å². The molecule has 1 saturated carbocycles. The molecule has 0 aliphatic heterocycles. The molecule has 86 valence electrons. The van der Waals surface area contributed by atoms with Crippen LogP contribution in [0.25, 0.3) is 0 Å². The second kappa shape index (κ2) is 4.07. The molecule has 2 nitrogen and oxygen atoms in total. The van der Waals surface area contributed by atoms with Crippen molar-refractivity contribution in [1.82, 2.24) is 0 Å². The highest BCUT2D eigenvalue weighted by Gasteiger charge is 2.50. The summed E-state index contributed by atoms with van der Waals surface area (Å²) in [6.45, 7) is 0. The number of terminal acetylenes is 1. The minimum atomic E-state index is -0.794. The molecule has 1 fully saturated rings. The van der Waals surface area contributed by atoms with Gasteiger partial charge in [0.25, 0.3) is 0 Å². The average Bonchev–Trinajstić information content (AvgIpc) is 2.27. The standard InChI is InChI=1S/C14H18O2/c1-2-7-14(16)9-4-3-8-13(14)10-5-12(15)6-11-13/h1,5,10,16H,3-4,6-9,11H2/t13-,14+/m1/s1. The van der Waals surface area contributed by atoms with Crippen LogP contribution >= 0.6 is 0 Å². The molecule has 0 radical (unpaired) electrons. The number of hydrogen-bond donors (Lipinski definition) is 1. The van der Waals surface area contributed by atoms with E-state index in [1.165, 1.54) is 0 Å². The Morgan fingerprint density at radius 1 is 1.38 bits per heavy atom. The van der Waals surface area contributed by atoms with Crippen molar-refractivity contribution in [1.29, 1.82) is 0 Å². The normalized spacial score (nSPS) is 38.6. The molecule has 0 saturated heterocycles. The molecule has 0 amide bonds. The lowest BCUT2D eigenvalue weighted by atomic mass is 9.58. The molecule has 2 aliphatic carbocycles. The van der Waals surface area contributed by atoms with Gasteiger partial charge >= 0.3 is 0 Å². The molecule has 0 unspecified atom stereocenters. The summed E-state index contributed by atoms with van der Waals surface area (Å²) < 4.78 is 0. The highest BCUT2D eigenvalue weighted by molar-refractivity contribution is 5.90. The van der Waals surface area contributed by atoms with E-state index in [9.17, 15) is 9.90 Å². The monoisotopic (exact) mass is 218 g/mol. The average molecular weight is 218 g/mol. The summed E-state index contributed by atoms with van der Waals surface area (Å²) in [6, 6.07) is 0. The van der Waals surface area contributed by atoms with Gasteiger partial charge in [-0.3, -0.25) is 4.79 Å². The lowest BCUT2D eigenvalue weighted by Crippen LogP contribution is -2.50. The SMILES string of the molecule is C#CC[C@]1(O)CCCC[C@]12C=CC(=O)CC2. The van der Waals surface area contributed by atoms with Crippen molar-refractivity contribution in [2.45, 2.75) is 50.5 Å². The first kappa shape index (κ1) is 11.4. The summed E-state index contributed by atoms with van der Waals surface area (Å²) in [5.41, 5.74) is -1.04. The molecule has 0 aromatic carbocycles. The zero-order chi connectivity index (χ0) is 11.6. The second-order valence-electron chi connectivity index (χ2n) is 5.08. The molecule has 0 heterocycles. The Morgan fingerprint density at radius 2 is 2.12 bits per heavy atom. The Balaban J connectivity index is 2.32. The van der Waals surface area contributed by atoms with Gasteiger partial charge < -0.3 is 5.11 Å². The van der Waals surface area contributed by atoms with Gasteiger partial charge in [-0.05, 0) is 25.3 Å². The minimum Gasteiger partial charge on any atom is -0.388 e. The van der Waals surface area contributed by atoms with Crippen LogP contribution < -0.4 is 0 Å². The van der Waals surface area contributed by atoms with E-state index in [1.54, 1.807) is 6.08 Å². The number of allylic oxidation sites excluding steroid dienone is 1. The van der Waals surface area contributed by atoms with Crippen LogP contribution in [0.3, 0.4) is 0 Å². The quantitative estimate of drug-likeness (QED) is 0.685. The molecule has 2 heteroatoms. The van der Waals surface area contributed by atoms with Crippen molar-refractivity contribution in [3.63, 3.8) is 0 Å². The van der Waals surface area contributed by atoms with Crippen molar-refractivity contribution in [3.8, 4) is 12.3 Å². The molecule has 2 atom stereocenters. The molecule has 1 N–H and O–H groups in total. The lowest BCUT2D eigenvalue weighted by Gasteiger charge is -2.49. The topological polar surface area (TPSA) is 37.3 Å². The third-order valence-electron chi connectivity index (χ3n) is 4.19. The minimum absolute atomic E-state index is 0.166. The Bertz CT molecular complexity index is 363. The van der Waals surface area contributed by atoms with Gasteiger partial charge in [0.05, 0.1) is 5.60 Å². The Hall–Kier alpha value is -1.07. The molecule has 0 aromatic heterocycles. The van der Waals surface area contributed by atoms with Crippen molar-refractivity contribution in [2.24, 2.45) is 5.41 Å². The van der Waals surface area contributed by atoms with Crippen molar-refractivity contribution in [3.05, 3.63) is 12.2 Å². The summed E-state index contributed by atoms with van der Waals surface area (Å²) in [5.74, 6) is 2.76. The number of aliphatic hydroxyl groups is 1. The fourth-order valence-electron chi connectivity index (χ4n) is 3.13. The maximum absolute atomic E-state index is 11.2. The van der Waals surface area contributed by atoms with Gasteiger partial charge in [0.2, 0.25) is 0 Å². The first-order valence-corrected chi connectivity index (χ1v) is 6.00. The summed E-state index contributed by atoms with van der Waals surface area (Å²) in [5, 5.41) is 10.7. The smallest absolute Gasteiger partial charge is 0.155 e. The summed E-state index contributed by atoms with van der Waals surface area (Å²) in [7, 11) is 0. The third kappa shape index (κ3) is 1.70. The first-order valence-electron chi connectivity index (χ1n) is 6.00. The maximum atomic E-state index is 11.2. The van der Waals surface area contributed by atoms with E-state index in [-0.39, 0.29) is 11.2 Å². The Morgan fingerprint density at radius 3 is 2.75 bits per heavy atom. The number of carbonyl (C=O) groups excluding carboxylic acids is 1. The van der Waals surface area contributed by atoms with Crippen LogP contribution in [-0.2, 0) is 4.79 Å². The Labute approximate surface area is 96.7 Å². The van der Waals surface area contributed by atoms with E-state index in [1.807, 2.05) is 6.08 Å². The fraction of sp³-hybridized carbons (Fsp3) is 0.643. The molecule has 1 spiro atoms. The fourth-order valence-corrected chi connectivity index (χ4v) is 3.13. The molecular formula is C14H18O2. The highest BCUT2D eigenvalue weighted by Crippen LogP contribution is 2.51. The highest BCUT2D eigenvalue weighted by atomic mass is 16.3. The van der Waals surface area contributed by atoms with Crippen LogP contribution in [-0.4, -0.2) is 16.5 Å². The van der Waals surface area contributed by atoms with Crippen molar-refractivity contribution in [2.75, 3.05) is 0 Å². The number of hydrogen-bond acceptors (Lipinski definition) is 2. The van der Waals surface area contributed by atoms with Gasteiger partial charge in [-0.1, -0.05) is 18.9 Å². The molecular weight excluding hydrogens is 200 g/mol. The second-order valence-corrected chi connectivity index (χ2v) is 5.08. The number of ketones is 1. The predicted molar refractivity (Wildman–Crippen MR) is 62.7 cm³/mol. The zero-order valence-corrected chi connectivity index (χ0v) is 9.54. The molecule has 2 rings (SSSR count). The summed E-state index contributed by atoms with van der Waals surface area (Å²) in [6.07, 6.45) is 14.5. The number of rotatable bonds is 1. The van der Waals surface area contributed by atoms with Crippen LogP contribution in [0.5, 0.6) is 0 Å². The van der Waals surface area contributed by atoms with Gasteiger partial charge in [0.15, 0.2) is 5.78 Å². The zero-order valence-electron chi connectivity index (χ0n) is 9.54. The largest absolute Gasteiger partial charge is 0.388 e. The van der Waals surface area contributed by atoms with Gasteiger partial charge in [0, 0.05) is 18.3 Å². The molecule has 0 bridgehead atoms. The van der Waals surface area contributed by atoms with Crippen LogP contribution in [0.2, 0.25) is 0 Å². The molecule has 2 aliphatic rings. The molecule has 0 aromatic rings. The Kier molecular flexibility index (Phi) is 2.90. The van der Waals surface area contributed by atoms with E-state index in [0.717, 1.165) is 32.1 Å². The lowest BCUT2D eigenvalue weighted by molar-refractivity contribution is -0.121. The van der Waals surface area contributed by atoms with Gasteiger partial charge in [-0.15, -0.1) is 12.3 Å². The maximum Gasteiger partial charge on any atom is 0.155 e. The van der Waals surface area contributed by atoms with Gasteiger partial charge in [0.1, 0.15) is 0 Å². The van der Waals surface area contributed by atoms with Crippen LogP contribution in [0.4, 0.5) is 0 Å². The van der Waals surface area contributed by atoms with Gasteiger partial charge in [-0.2, -0.15) is 0 Å². The van der Waals surface area contributed by atoms with E-state index in [0.29, 0.717) is 12.8 Å². The van der Waals surface area contributed by atoms with Crippen molar-refractivity contribution >= 4 is 5.78 Å². The van der Waals surface area contributed by atoms with E-state index >= 15 is 0 Å². The third-order valence-corrected chi connectivity index (χ3v) is 4.19. The summed E-state index contributed by atoms with van der Waals surface area (Å²) >= 11 is 0. The van der Waals surface area contributed by atoms with E-state index in [4.69, 9.17) is 6.42 Å². The predicted octanol–water partition coefficient (Wildman–Crippen LogP) is 2.22. The van der Waals surface area contributed by atoms with Crippen LogP contribution in [0.1, 0.15) is 44.9 Å². The summed E-state index contributed by atoms with van der Waals surface area (Å²) in [4.78, 5) is 11.2. The number of carbonyl (C=O) groups is 1. The molecule has 16 heavy (non-hydrogen) atoms.